The smallest absolute Gasteiger partial charge is 0.0703 e. The Hall–Kier alpha value is -1.89. The number of allylic oxidation sites excluding steroid dienone is 5. The molecule has 1 nitrogen and oxygen atoms in total. The number of hydrogen-bond donors (Lipinski definition) is 0. The number of nitrogens with zero attached hydrogens (tertiary/aromatic N) is 1. The predicted molar refractivity (Wildman–Crippen MR) is 103 cm³/mol. The summed E-state index contributed by atoms with van der Waals surface area (Å²) >= 11 is 0. The van der Waals surface area contributed by atoms with Gasteiger partial charge in [0.15, 0.2) is 0 Å². The molecular weight excluding hydrogens is 278 g/mol. The normalized spacial score (nSPS) is 17.2. The van der Waals surface area contributed by atoms with Gasteiger partial charge in [-0.15, -0.1) is 0 Å². The minimum atomic E-state index is 0.0855. The van der Waals surface area contributed by atoms with Crippen LogP contribution < -0.4 is 0 Å². The molecule has 0 atom stereocenters. The Morgan fingerprint density at radius 2 is 1.48 bits per heavy atom. The summed E-state index contributed by atoms with van der Waals surface area (Å²) in [6.45, 7) is 20.0. The maximum absolute atomic E-state index is 4.88. The standard InChI is InChI=1S/C22H29N/c1-15-11-9-10-12-18(15)23-19-14-13-17(21(3,4)5)20(16(19)2)22(6,7)8/h9-14H,1H2,2-8H3. The highest BCUT2D eigenvalue weighted by Crippen LogP contribution is 2.39. The molecule has 0 heterocycles. The molecule has 2 rings (SSSR count). The number of aliphatic imine (C=N–C) groups is 1. The second-order valence-electron chi connectivity index (χ2n) is 8.37. The van der Waals surface area contributed by atoms with E-state index < -0.39 is 0 Å². The van der Waals surface area contributed by atoms with Crippen molar-refractivity contribution < 1.29 is 0 Å². The maximum Gasteiger partial charge on any atom is 0.0703 e. The molecular formula is C22H29N. The van der Waals surface area contributed by atoms with Gasteiger partial charge in [-0.1, -0.05) is 72.4 Å². The molecule has 1 aliphatic carbocycles. The molecule has 1 aromatic carbocycles. The lowest BCUT2D eigenvalue weighted by Crippen LogP contribution is -2.23. The summed E-state index contributed by atoms with van der Waals surface area (Å²) in [5, 5.41) is 0. The highest BCUT2D eigenvalue weighted by atomic mass is 14.8. The minimum Gasteiger partial charge on any atom is -0.248 e. The Bertz CT molecular complexity index is 714. The van der Waals surface area contributed by atoms with Gasteiger partial charge in [-0.3, -0.25) is 0 Å². The average molecular weight is 307 g/mol. The third-order valence-corrected chi connectivity index (χ3v) is 4.23. The second-order valence-corrected chi connectivity index (χ2v) is 8.37. The van der Waals surface area contributed by atoms with Crippen molar-refractivity contribution in [2.24, 2.45) is 4.99 Å². The van der Waals surface area contributed by atoms with Gasteiger partial charge in [0.25, 0.3) is 0 Å². The van der Waals surface area contributed by atoms with Crippen molar-refractivity contribution in [3.05, 3.63) is 65.3 Å². The molecule has 1 aromatic rings. The molecule has 23 heavy (non-hydrogen) atoms. The molecule has 0 aliphatic heterocycles. The summed E-state index contributed by atoms with van der Waals surface area (Å²) in [6, 6.07) is 4.40. The predicted octanol–water partition coefficient (Wildman–Crippen LogP) is 6.34. The van der Waals surface area contributed by atoms with Gasteiger partial charge in [0.05, 0.1) is 11.4 Å². The van der Waals surface area contributed by atoms with Crippen molar-refractivity contribution in [1.82, 2.24) is 0 Å². The Morgan fingerprint density at radius 3 is 2.00 bits per heavy atom. The Balaban J connectivity index is 2.66. The molecule has 0 unspecified atom stereocenters. The monoisotopic (exact) mass is 307 g/mol. The van der Waals surface area contributed by atoms with Crippen LogP contribution in [0.5, 0.6) is 0 Å². The van der Waals surface area contributed by atoms with Gasteiger partial charge in [-0.2, -0.15) is 0 Å². The van der Waals surface area contributed by atoms with Gasteiger partial charge in [-0.05, 0) is 52.2 Å². The molecule has 0 bridgehead atoms. The van der Waals surface area contributed by atoms with E-state index in [1.54, 1.807) is 0 Å². The molecule has 0 saturated heterocycles. The van der Waals surface area contributed by atoms with E-state index in [-0.39, 0.29) is 10.8 Å². The molecule has 0 amide bonds. The number of rotatable bonds is 1. The van der Waals surface area contributed by atoms with E-state index in [2.05, 4.69) is 67.2 Å². The Kier molecular flexibility index (Phi) is 4.52. The molecule has 0 saturated carbocycles. The molecule has 0 aromatic heterocycles. The SMILES string of the molecule is C=C1C=CC=CC1=Nc1ccc(C(C)(C)C)c(C(C)(C)C)c1C. The van der Waals surface area contributed by atoms with Crippen LogP contribution in [0.15, 0.2) is 53.6 Å². The van der Waals surface area contributed by atoms with E-state index in [9.17, 15) is 0 Å². The second kappa shape index (κ2) is 5.96. The van der Waals surface area contributed by atoms with Gasteiger partial charge >= 0.3 is 0 Å². The van der Waals surface area contributed by atoms with Gasteiger partial charge in [-0.25, -0.2) is 4.99 Å². The first kappa shape index (κ1) is 17.5. The molecule has 1 aliphatic rings. The van der Waals surface area contributed by atoms with Gasteiger partial charge < -0.3 is 0 Å². The molecule has 1 heteroatoms. The maximum atomic E-state index is 4.88. The van der Waals surface area contributed by atoms with E-state index >= 15 is 0 Å². The third kappa shape index (κ3) is 3.72. The fourth-order valence-corrected chi connectivity index (χ4v) is 3.16. The summed E-state index contributed by atoms with van der Waals surface area (Å²) in [6.07, 6.45) is 8.03. The van der Waals surface area contributed by atoms with Crippen molar-refractivity contribution in [2.75, 3.05) is 0 Å². The van der Waals surface area contributed by atoms with Crippen molar-refractivity contribution >= 4 is 11.4 Å². The van der Waals surface area contributed by atoms with E-state index in [0.29, 0.717) is 0 Å². The van der Waals surface area contributed by atoms with Crippen LogP contribution in [-0.4, -0.2) is 5.71 Å². The zero-order valence-corrected chi connectivity index (χ0v) is 15.6. The van der Waals surface area contributed by atoms with Crippen LogP contribution in [0.25, 0.3) is 0 Å². The van der Waals surface area contributed by atoms with Crippen LogP contribution in [0.2, 0.25) is 0 Å². The fourth-order valence-electron chi connectivity index (χ4n) is 3.16. The lowest BCUT2D eigenvalue weighted by Gasteiger charge is -2.32. The quantitative estimate of drug-likeness (QED) is 0.573. The lowest BCUT2D eigenvalue weighted by molar-refractivity contribution is 0.527. The summed E-state index contributed by atoms with van der Waals surface area (Å²) in [7, 11) is 0. The van der Waals surface area contributed by atoms with E-state index in [4.69, 9.17) is 4.99 Å². The largest absolute Gasteiger partial charge is 0.248 e. The van der Waals surface area contributed by atoms with Gasteiger partial charge in [0.1, 0.15) is 0 Å². The molecule has 0 spiro atoms. The summed E-state index contributed by atoms with van der Waals surface area (Å²) in [5.74, 6) is 0. The van der Waals surface area contributed by atoms with Gasteiger partial charge in [0.2, 0.25) is 0 Å². The highest BCUT2D eigenvalue weighted by molar-refractivity contribution is 6.12. The Morgan fingerprint density at radius 1 is 0.870 bits per heavy atom. The Labute approximate surface area is 141 Å². The lowest BCUT2D eigenvalue weighted by atomic mass is 9.73. The third-order valence-electron chi connectivity index (χ3n) is 4.23. The number of benzene rings is 1. The van der Waals surface area contributed by atoms with Crippen LogP contribution in [-0.2, 0) is 10.8 Å². The summed E-state index contributed by atoms with van der Waals surface area (Å²) < 4.78 is 0. The first-order chi connectivity index (χ1) is 10.5. The first-order valence-electron chi connectivity index (χ1n) is 8.29. The van der Waals surface area contributed by atoms with Crippen molar-refractivity contribution in [3.8, 4) is 0 Å². The van der Waals surface area contributed by atoms with Crippen molar-refractivity contribution in [3.63, 3.8) is 0 Å². The van der Waals surface area contributed by atoms with E-state index in [1.165, 1.54) is 16.7 Å². The molecule has 0 fully saturated rings. The average Bonchev–Trinajstić information content (AvgIpc) is 2.40. The van der Waals surface area contributed by atoms with Crippen LogP contribution >= 0.6 is 0 Å². The van der Waals surface area contributed by atoms with E-state index in [1.807, 2.05) is 24.3 Å². The van der Waals surface area contributed by atoms with Crippen molar-refractivity contribution in [1.29, 1.82) is 0 Å². The summed E-state index contributed by atoms with van der Waals surface area (Å²) in [4.78, 5) is 4.88. The molecule has 0 N–H and O–H groups in total. The topological polar surface area (TPSA) is 12.4 Å². The molecule has 0 radical (unpaired) electrons. The highest BCUT2D eigenvalue weighted by Gasteiger charge is 2.27. The molecule has 122 valence electrons. The number of hydrogen-bond acceptors (Lipinski definition) is 1. The first-order valence-corrected chi connectivity index (χ1v) is 8.29. The van der Waals surface area contributed by atoms with Crippen molar-refractivity contribution in [2.45, 2.75) is 59.3 Å². The van der Waals surface area contributed by atoms with Gasteiger partial charge in [0, 0.05) is 0 Å². The zero-order chi connectivity index (χ0) is 17.4. The zero-order valence-electron chi connectivity index (χ0n) is 15.6. The summed E-state index contributed by atoms with van der Waals surface area (Å²) in [5.41, 5.74) is 7.24. The van der Waals surface area contributed by atoms with Crippen LogP contribution in [0.3, 0.4) is 0 Å². The van der Waals surface area contributed by atoms with E-state index in [0.717, 1.165) is 17.0 Å². The van der Waals surface area contributed by atoms with Crippen LogP contribution in [0.4, 0.5) is 5.69 Å². The fraction of sp³-hybridized carbons (Fsp3) is 0.409. The van der Waals surface area contributed by atoms with Crippen LogP contribution in [0, 0.1) is 6.92 Å². The minimum absolute atomic E-state index is 0.0855. The van der Waals surface area contributed by atoms with Crippen LogP contribution in [0.1, 0.15) is 58.2 Å².